The summed E-state index contributed by atoms with van der Waals surface area (Å²) in [5.41, 5.74) is 5.38. The van der Waals surface area contributed by atoms with E-state index < -0.39 is 10.2 Å². The van der Waals surface area contributed by atoms with E-state index in [1.807, 2.05) is 13.2 Å². The molecular weight excluding hydrogens is 258 g/mol. The van der Waals surface area contributed by atoms with Crippen LogP contribution in [0.1, 0.15) is 19.8 Å². The molecule has 0 saturated heterocycles. The minimum Gasteiger partial charge on any atom is -0.330 e. The van der Waals surface area contributed by atoms with E-state index in [2.05, 4.69) is 0 Å². The monoisotopic (exact) mass is 283 g/mol. The Morgan fingerprint density at radius 1 is 1.35 bits per heavy atom. The summed E-state index contributed by atoms with van der Waals surface area (Å²) in [4.78, 5) is 0. The Kier molecular flexibility index (Phi) is 8.40. The van der Waals surface area contributed by atoms with Gasteiger partial charge in [0.15, 0.2) is 0 Å². The van der Waals surface area contributed by atoms with Crippen LogP contribution in [0.2, 0.25) is 0 Å². The normalized spacial score (nSPS) is 14.5. The van der Waals surface area contributed by atoms with E-state index in [9.17, 15) is 8.42 Å². The minimum absolute atomic E-state index is 0.0211. The molecule has 0 bridgehead atoms. The average molecular weight is 283 g/mol. The standard InChI is InChI=1S/C10H25N3O2S2/c1-10(6-9-16-4)13(3)17(14,15)12(2)8-5-7-11/h10H,5-9,11H2,1-4H3. The Bertz CT molecular complexity index is 296. The zero-order valence-electron chi connectivity index (χ0n) is 11.2. The summed E-state index contributed by atoms with van der Waals surface area (Å²) in [6.45, 7) is 2.91. The molecule has 2 N–H and O–H groups in total. The molecule has 0 amide bonds. The fourth-order valence-corrected chi connectivity index (χ4v) is 3.28. The summed E-state index contributed by atoms with van der Waals surface area (Å²) < 4.78 is 27.1. The third-order valence-electron chi connectivity index (χ3n) is 2.80. The molecule has 5 nitrogen and oxygen atoms in total. The van der Waals surface area contributed by atoms with Crippen LogP contribution >= 0.6 is 11.8 Å². The van der Waals surface area contributed by atoms with Gasteiger partial charge < -0.3 is 5.73 Å². The van der Waals surface area contributed by atoms with Gasteiger partial charge in [0.1, 0.15) is 0 Å². The Labute approximate surface area is 110 Å². The lowest BCUT2D eigenvalue weighted by Gasteiger charge is -2.28. The maximum absolute atomic E-state index is 12.1. The van der Waals surface area contributed by atoms with Crippen LogP contribution in [0, 0.1) is 0 Å². The molecule has 7 heteroatoms. The van der Waals surface area contributed by atoms with Gasteiger partial charge in [0.05, 0.1) is 0 Å². The molecule has 17 heavy (non-hydrogen) atoms. The predicted octanol–water partition coefficient (Wildman–Crippen LogP) is 0.585. The van der Waals surface area contributed by atoms with Gasteiger partial charge in [-0.25, -0.2) is 0 Å². The summed E-state index contributed by atoms with van der Waals surface area (Å²) in [6.07, 6.45) is 3.57. The van der Waals surface area contributed by atoms with E-state index in [-0.39, 0.29) is 6.04 Å². The van der Waals surface area contributed by atoms with Gasteiger partial charge in [-0.3, -0.25) is 0 Å². The summed E-state index contributed by atoms with van der Waals surface area (Å²) in [5, 5.41) is 0. The largest absolute Gasteiger partial charge is 0.330 e. The third kappa shape index (κ3) is 5.56. The number of hydrogen-bond donors (Lipinski definition) is 1. The summed E-state index contributed by atoms with van der Waals surface area (Å²) in [7, 11) is -0.101. The van der Waals surface area contributed by atoms with Crippen LogP contribution in [-0.2, 0) is 10.2 Å². The van der Waals surface area contributed by atoms with Crippen molar-refractivity contribution in [3.05, 3.63) is 0 Å². The molecule has 0 radical (unpaired) electrons. The smallest absolute Gasteiger partial charge is 0.281 e. The second kappa shape index (κ2) is 8.31. The molecule has 0 rings (SSSR count). The Hall–Kier alpha value is 0.180. The first kappa shape index (κ1) is 17.2. The van der Waals surface area contributed by atoms with E-state index in [0.29, 0.717) is 19.5 Å². The number of rotatable bonds is 9. The van der Waals surface area contributed by atoms with E-state index in [4.69, 9.17) is 5.73 Å². The van der Waals surface area contributed by atoms with Gasteiger partial charge in [-0.1, -0.05) is 0 Å². The highest BCUT2D eigenvalue weighted by Crippen LogP contribution is 2.13. The van der Waals surface area contributed by atoms with Crippen molar-refractivity contribution in [3.63, 3.8) is 0 Å². The molecule has 1 unspecified atom stereocenters. The lowest BCUT2D eigenvalue weighted by molar-refractivity contribution is 0.339. The molecular formula is C10H25N3O2S2. The molecule has 104 valence electrons. The molecule has 0 fully saturated rings. The van der Waals surface area contributed by atoms with Crippen LogP contribution in [0.25, 0.3) is 0 Å². The minimum atomic E-state index is -3.34. The molecule has 0 aliphatic rings. The van der Waals surface area contributed by atoms with Crippen molar-refractivity contribution < 1.29 is 8.42 Å². The Morgan fingerprint density at radius 2 is 1.94 bits per heavy atom. The molecule has 0 heterocycles. The first-order chi connectivity index (χ1) is 7.87. The predicted molar refractivity (Wildman–Crippen MR) is 75.4 cm³/mol. The van der Waals surface area contributed by atoms with Crippen LogP contribution in [-0.4, -0.2) is 62.3 Å². The fourth-order valence-electron chi connectivity index (χ4n) is 1.35. The van der Waals surface area contributed by atoms with Gasteiger partial charge in [0, 0.05) is 26.7 Å². The average Bonchev–Trinajstić information content (AvgIpc) is 2.31. The van der Waals surface area contributed by atoms with E-state index in [0.717, 1.165) is 12.2 Å². The quantitative estimate of drug-likeness (QED) is 0.672. The van der Waals surface area contributed by atoms with Crippen LogP contribution in [0.4, 0.5) is 0 Å². The van der Waals surface area contributed by atoms with Gasteiger partial charge in [-0.2, -0.15) is 28.8 Å². The van der Waals surface area contributed by atoms with Gasteiger partial charge in [-0.15, -0.1) is 0 Å². The van der Waals surface area contributed by atoms with Crippen molar-refractivity contribution in [2.75, 3.05) is 39.2 Å². The number of hydrogen-bond acceptors (Lipinski definition) is 4. The second-order valence-electron chi connectivity index (χ2n) is 4.12. The highest BCUT2D eigenvalue weighted by molar-refractivity contribution is 7.98. The molecule has 0 aromatic rings. The molecule has 0 spiro atoms. The highest BCUT2D eigenvalue weighted by Gasteiger charge is 2.26. The van der Waals surface area contributed by atoms with Crippen molar-refractivity contribution >= 4 is 22.0 Å². The SMILES string of the molecule is CSCCC(C)N(C)S(=O)(=O)N(C)CCCN. The van der Waals surface area contributed by atoms with Crippen molar-refractivity contribution in [2.45, 2.75) is 25.8 Å². The van der Waals surface area contributed by atoms with Crippen molar-refractivity contribution in [2.24, 2.45) is 5.73 Å². The third-order valence-corrected chi connectivity index (χ3v) is 5.50. The summed E-state index contributed by atoms with van der Waals surface area (Å²) in [5.74, 6) is 0.966. The molecule has 1 atom stereocenters. The Balaban J connectivity index is 4.46. The van der Waals surface area contributed by atoms with E-state index in [1.54, 1.807) is 25.9 Å². The van der Waals surface area contributed by atoms with Gasteiger partial charge in [0.25, 0.3) is 10.2 Å². The number of nitrogens with zero attached hydrogens (tertiary/aromatic N) is 2. The molecule has 0 aliphatic heterocycles. The topological polar surface area (TPSA) is 66.6 Å². The number of nitrogens with two attached hydrogens (primary N) is 1. The van der Waals surface area contributed by atoms with E-state index >= 15 is 0 Å². The first-order valence-corrected chi connectivity index (χ1v) is 8.55. The van der Waals surface area contributed by atoms with Crippen molar-refractivity contribution in [1.82, 2.24) is 8.61 Å². The fraction of sp³-hybridized carbons (Fsp3) is 1.00. The van der Waals surface area contributed by atoms with Crippen LogP contribution < -0.4 is 5.73 Å². The maximum Gasteiger partial charge on any atom is 0.281 e. The zero-order chi connectivity index (χ0) is 13.5. The van der Waals surface area contributed by atoms with Crippen molar-refractivity contribution in [1.29, 1.82) is 0 Å². The van der Waals surface area contributed by atoms with Crippen LogP contribution in [0.3, 0.4) is 0 Å². The second-order valence-corrected chi connectivity index (χ2v) is 7.20. The molecule has 0 aromatic heterocycles. The van der Waals surface area contributed by atoms with Gasteiger partial charge in [-0.05, 0) is 38.3 Å². The maximum atomic E-state index is 12.1. The first-order valence-electron chi connectivity index (χ1n) is 5.76. The van der Waals surface area contributed by atoms with Gasteiger partial charge >= 0.3 is 0 Å². The van der Waals surface area contributed by atoms with Crippen molar-refractivity contribution in [3.8, 4) is 0 Å². The van der Waals surface area contributed by atoms with Crippen LogP contribution in [0.15, 0.2) is 0 Å². The summed E-state index contributed by atoms with van der Waals surface area (Å²) in [6, 6.07) is 0.0211. The number of thioether (sulfide) groups is 1. The summed E-state index contributed by atoms with van der Waals surface area (Å²) >= 11 is 1.73. The van der Waals surface area contributed by atoms with Gasteiger partial charge in [0.2, 0.25) is 0 Å². The molecule has 0 saturated carbocycles. The van der Waals surface area contributed by atoms with E-state index in [1.165, 1.54) is 8.61 Å². The lowest BCUT2D eigenvalue weighted by Crippen LogP contribution is -2.44. The zero-order valence-corrected chi connectivity index (χ0v) is 12.9. The Morgan fingerprint density at radius 3 is 2.41 bits per heavy atom. The molecule has 0 aromatic carbocycles. The highest BCUT2D eigenvalue weighted by atomic mass is 32.2. The van der Waals surface area contributed by atoms with Crippen LogP contribution in [0.5, 0.6) is 0 Å². The molecule has 0 aliphatic carbocycles. The lowest BCUT2D eigenvalue weighted by atomic mass is 10.3.